The number of benzene rings is 1. The van der Waals surface area contributed by atoms with E-state index in [9.17, 15) is 0 Å². The molecule has 0 aliphatic carbocycles. The summed E-state index contributed by atoms with van der Waals surface area (Å²) in [6.45, 7) is 5.82. The normalized spacial score (nSPS) is 26.0. The van der Waals surface area contributed by atoms with Crippen LogP contribution in [0.2, 0.25) is 0 Å². The highest BCUT2D eigenvalue weighted by molar-refractivity contribution is 5.14. The smallest absolute Gasteiger partial charge is 0.0320 e. The van der Waals surface area contributed by atoms with Crippen molar-refractivity contribution in [2.45, 2.75) is 25.0 Å². The van der Waals surface area contributed by atoms with Gasteiger partial charge in [-0.2, -0.15) is 0 Å². The van der Waals surface area contributed by atoms with Gasteiger partial charge in [0.1, 0.15) is 0 Å². The number of hydrogen-bond donors (Lipinski definition) is 2. The van der Waals surface area contributed by atoms with E-state index in [1.54, 1.807) is 0 Å². The molecule has 2 heterocycles. The van der Waals surface area contributed by atoms with Crippen LogP contribution in [-0.2, 0) is 6.54 Å². The van der Waals surface area contributed by atoms with Crippen molar-refractivity contribution in [2.24, 2.45) is 0 Å². The lowest BCUT2D eigenvalue weighted by Crippen LogP contribution is -2.58. The average molecular weight is 231 g/mol. The van der Waals surface area contributed by atoms with Crippen molar-refractivity contribution < 1.29 is 0 Å². The van der Waals surface area contributed by atoms with Gasteiger partial charge in [-0.3, -0.25) is 4.90 Å². The zero-order valence-electron chi connectivity index (χ0n) is 10.2. The van der Waals surface area contributed by atoms with Crippen LogP contribution in [0.5, 0.6) is 0 Å². The summed E-state index contributed by atoms with van der Waals surface area (Å²) in [5.41, 5.74) is 1.43. The van der Waals surface area contributed by atoms with Gasteiger partial charge in [0.2, 0.25) is 0 Å². The van der Waals surface area contributed by atoms with E-state index >= 15 is 0 Å². The van der Waals surface area contributed by atoms with E-state index in [1.165, 1.54) is 25.1 Å². The van der Waals surface area contributed by atoms with Crippen LogP contribution in [0.25, 0.3) is 0 Å². The van der Waals surface area contributed by atoms with E-state index in [1.807, 2.05) is 0 Å². The summed E-state index contributed by atoms with van der Waals surface area (Å²) in [5.74, 6) is 0. The van der Waals surface area contributed by atoms with E-state index in [4.69, 9.17) is 0 Å². The minimum absolute atomic E-state index is 0.700. The molecule has 2 N–H and O–H groups in total. The Balaban J connectivity index is 1.47. The van der Waals surface area contributed by atoms with Crippen LogP contribution in [0.4, 0.5) is 0 Å². The Morgan fingerprint density at radius 2 is 2.00 bits per heavy atom. The lowest BCUT2D eigenvalue weighted by atomic mass is 10.1. The molecule has 3 nitrogen and oxygen atoms in total. The Kier molecular flexibility index (Phi) is 3.41. The standard InChI is InChI=1S/C14H21N3/c1-2-4-12(5-3-1)10-17-7-6-13(11-17)16-14-8-15-9-14/h1-5,13-16H,6-11H2. The Morgan fingerprint density at radius 1 is 1.18 bits per heavy atom. The molecule has 2 aliphatic rings. The third kappa shape index (κ3) is 2.86. The largest absolute Gasteiger partial charge is 0.314 e. The molecular formula is C14H21N3. The predicted molar refractivity (Wildman–Crippen MR) is 69.9 cm³/mol. The Hall–Kier alpha value is -0.900. The van der Waals surface area contributed by atoms with Crippen LogP contribution in [-0.4, -0.2) is 43.2 Å². The first-order valence-corrected chi connectivity index (χ1v) is 6.63. The quantitative estimate of drug-likeness (QED) is 0.803. The molecule has 2 aliphatic heterocycles. The number of hydrogen-bond acceptors (Lipinski definition) is 3. The first kappa shape index (κ1) is 11.2. The van der Waals surface area contributed by atoms with Crippen LogP contribution >= 0.6 is 0 Å². The summed E-state index contributed by atoms with van der Waals surface area (Å²) >= 11 is 0. The fraction of sp³-hybridized carbons (Fsp3) is 0.571. The second kappa shape index (κ2) is 5.17. The summed E-state index contributed by atoms with van der Waals surface area (Å²) in [6, 6.07) is 12.2. The second-order valence-corrected chi connectivity index (χ2v) is 5.23. The van der Waals surface area contributed by atoms with Crippen LogP contribution in [0.15, 0.2) is 30.3 Å². The third-order valence-corrected chi connectivity index (χ3v) is 3.77. The van der Waals surface area contributed by atoms with E-state index in [2.05, 4.69) is 45.9 Å². The maximum absolute atomic E-state index is 3.73. The summed E-state index contributed by atoms with van der Waals surface area (Å²) in [4.78, 5) is 2.55. The maximum Gasteiger partial charge on any atom is 0.0320 e. The van der Waals surface area contributed by atoms with Gasteiger partial charge in [-0.15, -0.1) is 0 Å². The first-order valence-electron chi connectivity index (χ1n) is 6.63. The topological polar surface area (TPSA) is 27.3 Å². The highest BCUT2D eigenvalue weighted by Gasteiger charge is 2.26. The molecule has 1 unspecified atom stereocenters. The highest BCUT2D eigenvalue weighted by atomic mass is 15.2. The lowest BCUT2D eigenvalue weighted by Gasteiger charge is -2.31. The van der Waals surface area contributed by atoms with Crippen molar-refractivity contribution in [3.63, 3.8) is 0 Å². The van der Waals surface area contributed by atoms with Crippen LogP contribution in [0.1, 0.15) is 12.0 Å². The molecule has 2 fully saturated rings. The van der Waals surface area contributed by atoms with Gasteiger partial charge in [0.15, 0.2) is 0 Å². The first-order chi connectivity index (χ1) is 8.40. The summed E-state index contributed by atoms with van der Waals surface area (Å²) < 4.78 is 0. The lowest BCUT2D eigenvalue weighted by molar-refractivity contribution is 0.294. The molecule has 1 aromatic rings. The van der Waals surface area contributed by atoms with E-state index < -0.39 is 0 Å². The molecule has 1 atom stereocenters. The van der Waals surface area contributed by atoms with Gasteiger partial charge in [0.25, 0.3) is 0 Å². The van der Waals surface area contributed by atoms with Crippen molar-refractivity contribution in [2.75, 3.05) is 26.2 Å². The summed E-state index contributed by atoms with van der Waals surface area (Å²) in [7, 11) is 0. The molecule has 0 aromatic heterocycles. The van der Waals surface area contributed by atoms with Gasteiger partial charge >= 0.3 is 0 Å². The zero-order chi connectivity index (χ0) is 11.5. The summed E-state index contributed by atoms with van der Waals surface area (Å²) in [6.07, 6.45) is 1.29. The van der Waals surface area contributed by atoms with Gasteiger partial charge in [0, 0.05) is 44.8 Å². The van der Waals surface area contributed by atoms with Crippen LogP contribution in [0.3, 0.4) is 0 Å². The Labute approximate surface area is 103 Å². The van der Waals surface area contributed by atoms with E-state index in [0.717, 1.165) is 25.7 Å². The molecule has 3 rings (SSSR count). The Morgan fingerprint density at radius 3 is 2.71 bits per heavy atom. The third-order valence-electron chi connectivity index (χ3n) is 3.77. The van der Waals surface area contributed by atoms with Gasteiger partial charge in [-0.1, -0.05) is 30.3 Å². The minimum Gasteiger partial charge on any atom is -0.314 e. The molecule has 3 heteroatoms. The molecular weight excluding hydrogens is 210 g/mol. The molecule has 2 saturated heterocycles. The van der Waals surface area contributed by atoms with Crippen LogP contribution in [0, 0.1) is 0 Å². The van der Waals surface area contributed by atoms with Crippen molar-refractivity contribution in [1.29, 1.82) is 0 Å². The van der Waals surface area contributed by atoms with Crippen molar-refractivity contribution in [1.82, 2.24) is 15.5 Å². The zero-order valence-corrected chi connectivity index (χ0v) is 10.2. The SMILES string of the molecule is c1ccc(CN2CCC(NC3CNC3)C2)cc1. The van der Waals surface area contributed by atoms with Gasteiger partial charge < -0.3 is 10.6 Å². The molecule has 1 aromatic carbocycles. The van der Waals surface area contributed by atoms with Crippen LogP contribution < -0.4 is 10.6 Å². The number of nitrogens with one attached hydrogen (secondary N) is 2. The van der Waals surface area contributed by atoms with Gasteiger partial charge in [-0.05, 0) is 12.0 Å². The number of nitrogens with zero attached hydrogens (tertiary/aromatic N) is 1. The predicted octanol–water partition coefficient (Wildman–Crippen LogP) is 0.822. The van der Waals surface area contributed by atoms with E-state index in [0.29, 0.717) is 6.04 Å². The summed E-state index contributed by atoms with van der Waals surface area (Å²) in [5, 5.41) is 7.04. The molecule has 92 valence electrons. The molecule has 0 bridgehead atoms. The monoisotopic (exact) mass is 231 g/mol. The molecule has 0 amide bonds. The minimum atomic E-state index is 0.700. The average Bonchev–Trinajstić information content (AvgIpc) is 2.73. The number of likely N-dealkylation sites (tertiary alicyclic amines) is 1. The van der Waals surface area contributed by atoms with Crippen molar-refractivity contribution >= 4 is 0 Å². The van der Waals surface area contributed by atoms with Gasteiger partial charge in [-0.25, -0.2) is 0 Å². The van der Waals surface area contributed by atoms with E-state index in [-0.39, 0.29) is 0 Å². The fourth-order valence-electron chi connectivity index (χ4n) is 2.69. The fourth-order valence-corrected chi connectivity index (χ4v) is 2.69. The van der Waals surface area contributed by atoms with Crippen molar-refractivity contribution in [3.8, 4) is 0 Å². The molecule has 17 heavy (non-hydrogen) atoms. The molecule has 0 saturated carbocycles. The van der Waals surface area contributed by atoms with Gasteiger partial charge in [0.05, 0.1) is 0 Å². The maximum atomic E-state index is 3.73. The molecule has 0 radical (unpaired) electrons. The highest BCUT2D eigenvalue weighted by Crippen LogP contribution is 2.14. The number of rotatable bonds is 4. The second-order valence-electron chi connectivity index (χ2n) is 5.23. The Bertz CT molecular complexity index is 348. The van der Waals surface area contributed by atoms with Crippen molar-refractivity contribution in [3.05, 3.63) is 35.9 Å². The molecule has 0 spiro atoms.